The first kappa shape index (κ1) is 13.8. The zero-order chi connectivity index (χ0) is 13.6. The second-order valence-electron chi connectivity index (χ2n) is 4.25. The predicted octanol–water partition coefficient (Wildman–Crippen LogP) is 6.33. The molecule has 0 saturated heterocycles. The molecule has 3 rings (SSSR count). The van der Waals surface area contributed by atoms with E-state index in [9.17, 15) is 0 Å². The van der Waals surface area contributed by atoms with Crippen LogP contribution in [0.3, 0.4) is 0 Å². The Labute approximate surface area is 132 Å². The van der Waals surface area contributed by atoms with Crippen LogP contribution in [-0.4, -0.2) is 0 Å². The number of hydrogen-bond acceptors (Lipinski definition) is 3. The zero-order valence-corrected chi connectivity index (χ0v) is 13.3. The van der Waals surface area contributed by atoms with E-state index in [-0.39, 0.29) is 0 Å². The number of thiophene rings is 1. The molecule has 0 aliphatic carbocycles. The SMILES string of the molecule is c1ccc(SC(Sc2ccccc2)c2ccsc2)cc1. The van der Waals surface area contributed by atoms with E-state index in [2.05, 4.69) is 77.5 Å². The molecule has 0 saturated carbocycles. The molecular formula is C17H14S3. The van der Waals surface area contributed by atoms with E-state index in [1.54, 1.807) is 11.3 Å². The molecule has 0 amide bonds. The summed E-state index contributed by atoms with van der Waals surface area (Å²) in [7, 11) is 0. The Hall–Kier alpha value is -1.16. The maximum Gasteiger partial charge on any atom is 0.0853 e. The van der Waals surface area contributed by atoms with Crippen LogP contribution in [0.2, 0.25) is 0 Å². The van der Waals surface area contributed by atoms with Crippen LogP contribution in [0.15, 0.2) is 87.3 Å². The standard InChI is InChI=1S/C17H14S3/c1-3-7-15(8-4-1)19-17(14-11-12-18-13-14)20-16-9-5-2-6-10-16/h1-13,17H. The van der Waals surface area contributed by atoms with Crippen LogP contribution in [0.25, 0.3) is 0 Å². The van der Waals surface area contributed by atoms with Crippen molar-refractivity contribution in [3.05, 3.63) is 83.1 Å². The molecule has 2 aromatic carbocycles. The van der Waals surface area contributed by atoms with Gasteiger partial charge in [0.1, 0.15) is 0 Å². The molecule has 0 aliphatic heterocycles. The summed E-state index contributed by atoms with van der Waals surface area (Å²) in [5.41, 5.74) is 1.39. The van der Waals surface area contributed by atoms with Crippen molar-refractivity contribution in [1.82, 2.24) is 0 Å². The lowest BCUT2D eigenvalue weighted by molar-refractivity contribution is 1.36. The molecule has 0 radical (unpaired) electrons. The van der Waals surface area contributed by atoms with Crippen LogP contribution in [-0.2, 0) is 0 Å². The first-order chi connectivity index (χ1) is 9.92. The quantitative estimate of drug-likeness (QED) is 0.398. The van der Waals surface area contributed by atoms with Gasteiger partial charge in [-0.25, -0.2) is 0 Å². The fraction of sp³-hybridized carbons (Fsp3) is 0.0588. The van der Waals surface area contributed by atoms with Crippen molar-refractivity contribution in [2.75, 3.05) is 0 Å². The van der Waals surface area contributed by atoms with Gasteiger partial charge < -0.3 is 0 Å². The van der Waals surface area contributed by atoms with Crippen molar-refractivity contribution < 1.29 is 0 Å². The molecule has 0 N–H and O–H groups in total. The van der Waals surface area contributed by atoms with Gasteiger partial charge in [0, 0.05) is 9.79 Å². The maximum atomic E-state index is 2.25. The van der Waals surface area contributed by atoms with Gasteiger partial charge in [0.2, 0.25) is 0 Å². The lowest BCUT2D eigenvalue weighted by Gasteiger charge is -2.15. The molecule has 0 bridgehead atoms. The highest BCUT2D eigenvalue weighted by molar-refractivity contribution is 8.16. The second-order valence-corrected chi connectivity index (χ2v) is 7.69. The normalized spacial score (nSPS) is 10.8. The molecule has 0 unspecified atom stereocenters. The molecule has 0 aliphatic rings. The Balaban J connectivity index is 1.81. The van der Waals surface area contributed by atoms with Crippen LogP contribution < -0.4 is 0 Å². The Morgan fingerprint density at radius 2 is 1.25 bits per heavy atom. The largest absolute Gasteiger partial charge is 0.152 e. The smallest absolute Gasteiger partial charge is 0.0853 e. The van der Waals surface area contributed by atoms with Gasteiger partial charge in [0.05, 0.1) is 4.58 Å². The number of hydrogen-bond donors (Lipinski definition) is 0. The third-order valence-electron chi connectivity index (χ3n) is 2.79. The van der Waals surface area contributed by atoms with Crippen LogP contribution in [0.1, 0.15) is 10.1 Å². The highest BCUT2D eigenvalue weighted by Crippen LogP contribution is 2.47. The van der Waals surface area contributed by atoms with Gasteiger partial charge in [-0.05, 0) is 46.7 Å². The van der Waals surface area contributed by atoms with Crippen molar-refractivity contribution in [3.63, 3.8) is 0 Å². The minimum Gasteiger partial charge on any atom is -0.152 e. The third-order valence-corrected chi connectivity index (χ3v) is 6.13. The lowest BCUT2D eigenvalue weighted by atomic mass is 10.4. The highest BCUT2D eigenvalue weighted by atomic mass is 32.2. The number of benzene rings is 2. The molecular weight excluding hydrogens is 300 g/mol. The maximum absolute atomic E-state index is 2.25. The third kappa shape index (κ3) is 3.69. The number of rotatable bonds is 5. The Kier molecular flexibility index (Phi) is 4.85. The molecule has 100 valence electrons. The van der Waals surface area contributed by atoms with Crippen LogP contribution in [0, 0.1) is 0 Å². The fourth-order valence-electron chi connectivity index (χ4n) is 1.81. The first-order valence-corrected chi connectivity index (χ1v) is 9.07. The van der Waals surface area contributed by atoms with Crippen molar-refractivity contribution in [2.45, 2.75) is 14.4 Å². The summed E-state index contributed by atoms with van der Waals surface area (Å²) in [5.74, 6) is 0. The van der Waals surface area contributed by atoms with Gasteiger partial charge in [0.25, 0.3) is 0 Å². The van der Waals surface area contributed by atoms with E-state index in [0.717, 1.165) is 0 Å². The topological polar surface area (TPSA) is 0 Å². The van der Waals surface area contributed by atoms with Gasteiger partial charge in [-0.2, -0.15) is 11.3 Å². The summed E-state index contributed by atoms with van der Waals surface area (Å²) in [6.07, 6.45) is 0. The lowest BCUT2D eigenvalue weighted by Crippen LogP contribution is -1.87. The summed E-state index contributed by atoms with van der Waals surface area (Å²) < 4.78 is 0.394. The minimum absolute atomic E-state index is 0.394. The van der Waals surface area contributed by atoms with Gasteiger partial charge in [-0.1, -0.05) is 36.4 Å². The summed E-state index contributed by atoms with van der Waals surface area (Å²) in [5, 5.41) is 4.40. The van der Waals surface area contributed by atoms with Gasteiger partial charge in [-0.3, -0.25) is 0 Å². The zero-order valence-electron chi connectivity index (χ0n) is 10.8. The molecule has 0 spiro atoms. The van der Waals surface area contributed by atoms with Crippen LogP contribution in [0.4, 0.5) is 0 Å². The average Bonchev–Trinajstić information content (AvgIpc) is 3.03. The molecule has 1 aromatic heterocycles. The van der Waals surface area contributed by atoms with E-state index in [1.165, 1.54) is 15.4 Å². The Bertz CT molecular complexity index is 576. The highest BCUT2D eigenvalue weighted by Gasteiger charge is 2.15. The molecule has 3 heteroatoms. The predicted molar refractivity (Wildman–Crippen MR) is 91.7 cm³/mol. The Morgan fingerprint density at radius 3 is 1.70 bits per heavy atom. The van der Waals surface area contributed by atoms with Gasteiger partial charge in [-0.15, -0.1) is 23.5 Å². The second kappa shape index (κ2) is 7.02. The molecule has 0 nitrogen and oxygen atoms in total. The summed E-state index contributed by atoms with van der Waals surface area (Å²) in [6, 6.07) is 23.4. The van der Waals surface area contributed by atoms with Crippen molar-refractivity contribution >= 4 is 34.9 Å². The summed E-state index contributed by atoms with van der Waals surface area (Å²) in [4.78, 5) is 2.62. The van der Waals surface area contributed by atoms with E-state index in [0.29, 0.717) is 4.58 Å². The average molecular weight is 314 g/mol. The van der Waals surface area contributed by atoms with E-state index in [4.69, 9.17) is 0 Å². The summed E-state index contributed by atoms with van der Waals surface area (Å²) in [6.45, 7) is 0. The van der Waals surface area contributed by atoms with E-state index >= 15 is 0 Å². The minimum atomic E-state index is 0.394. The van der Waals surface area contributed by atoms with Crippen LogP contribution >= 0.6 is 34.9 Å². The Morgan fingerprint density at radius 1 is 0.700 bits per heavy atom. The first-order valence-electron chi connectivity index (χ1n) is 6.37. The summed E-state index contributed by atoms with van der Waals surface area (Å²) >= 11 is 5.58. The van der Waals surface area contributed by atoms with Crippen LogP contribution in [0.5, 0.6) is 0 Å². The molecule has 0 atom stereocenters. The molecule has 20 heavy (non-hydrogen) atoms. The van der Waals surface area contributed by atoms with Crippen molar-refractivity contribution in [3.8, 4) is 0 Å². The van der Waals surface area contributed by atoms with Crippen molar-refractivity contribution in [2.24, 2.45) is 0 Å². The molecule has 0 fully saturated rings. The molecule has 3 aromatic rings. The fourth-order valence-corrected chi connectivity index (χ4v) is 5.22. The van der Waals surface area contributed by atoms with E-state index < -0.39 is 0 Å². The van der Waals surface area contributed by atoms with Gasteiger partial charge in [0.15, 0.2) is 0 Å². The van der Waals surface area contributed by atoms with E-state index in [1.807, 2.05) is 23.5 Å². The van der Waals surface area contributed by atoms with Gasteiger partial charge >= 0.3 is 0 Å². The molecule has 1 heterocycles. The number of thioether (sulfide) groups is 2. The monoisotopic (exact) mass is 314 g/mol. The van der Waals surface area contributed by atoms with Crippen molar-refractivity contribution in [1.29, 1.82) is 0 Å².